The Balaban J connectivity index is 2.65. The minimum absolute atomic E-state index is 0.0413. The predicted molar refractivity (Wildman–Crippen MR) is 75.2 cm³/mol. The number of non-ortho nitro benzene ring substituents is 1. The monoisotopic (exact) mass is 266 g/mol. The Morgan fingerprint density at radius 3 is 2.74 bits per heavy atom. The first kappa shape index (κ1) is 15.6. The van der Waals surface area contributed by atoms with Gasteiger partial charge in [0.05, 0.1) is 10.5 Å². The molecule has 0 aromatic heterocycles. The third-order valence-corrected chi connectivity index (χ3v) is 2.95. The first-order valence-electron chi connectivity index (χ1n) is 6.47. The van der Waals surface area contributed by atoms with Crippen molar-refractivity contribution < 1.29 is 9.66 Å². The van der Waals surface area contributed by atoms with E-state index in [4.69, 9.17) is 4.74 Å². The molecule has 106 valence electrons. The van der Waals surface area contributed by atoms with Gasteiger partial charge in [0.2, 0.25) is 0 Å². The van der Waals surface area contributed by atoms with Gasteiger partial charge in [0.1, 0.15) is 0 Å². The maximum atomic E-state index is 10.7. The summed E-state index contributed by atoms with van der Waals surface area (Å²) >= 11 is 0. The predicted octanol–water partition coefficient (Wildman–Crippen LogP) is 3.06. The summed E-state index contributed by atoms with van der Waals surface area (Å²) in [5.74, 6) is 0. The number of ether oxygens (including phenoxy) is 1. The zero-order chi connectivity index (χ0) is 14.5. The second-order valence-corrected chi connectivity index (χ2v) is 5.15. The molecule has 0 aliphatic carbocycles. The van der Waals surface area contributed by atoms with Crippen LogP contribution in [0.25, 0.3) is 0 Å². The highest BCUT2D eigenvalue weighted by Gasteiger charge is 2.19. The molecular formula is C14H22N2O3. The summed E-state index contributed by atoms with van der Waals surface area (Å²) in [5.41, 5.74) is 0.778. The molecule has 0 radical (unpaired) electrons. The molecule has 0 aliphatic heterocycles. The van der Waals surface area contributed by atoms with E-state index in [1.165, 1.54) is 6.07 Å². The van der Waals surface area contributed by atoms with Crippen LogP contribution in [0.1, 0.15) is 39.3 Å². The van der Waals surface area contributed by atoms with E-state index in [1.807, 2.05) is 33.8 Å². The van der Waals surface area contributed by atoms with Crippen molar-refractivity contribution in [3.05, 3.63) is 39.9 Å². The van der Waals surface area contributed by atoms with Crippen LogP contribution >= 0.6 is 0 Å². The Morgan fingerprint density at radius 1 is 1.47 bits per heavy atom. The van der Waals surface area contributed by atoms with Crippen LogP contribution in [0.5, 0.6) is 0 Å². The topological polar surface area (TPSA) is 64.4 Å². The van der Waals surface area contributed by atoms with Gasteiger partial charge in [-0.25, -0.2) is 0 Å². The summed E-state index contributed by atoms with van der Waals surface area (Å²) in [5, 5.41) is 14.1. The molecule has 19 heavy (non-hydrogen) atoms. The van der Waals surface area contributed by atoms with Gasteiger partial charge >= 0.3 is 0 Å². The first-order chi connectivity index (χ1) is 8.85. The molecule has 1 rings (SSSR count). The molecule has 0 heterocycles. The molecule has 5 nitrogen and oxygen atoms in total. The summed E-state index contributed by atoms with van der Waals surface area (Å²) < 4.78 is 5.61. The number of rotatable bonds is 7. The van der Waals surface area contributed by atoms with Gasteiger partial charge in [-0.05, 0) is 33.3 Å². The van der Waals surface area contributed by atoms with Gasteiger partial charge in [-0.15, -0.1) is 0 Å². The number of benzene rings is 1. The highest BCUT2D eigenvalue weighted by molar-refractivity contribution is 5.35. The molecular weight excluding hydrogens is 244 g/mol. The Morgan fingerprint density at radius 2 is 2.16 bits per heavy atom. The van der Waals surface area contributed by atoms with Crippen LogP contribution in [0, 0.1) is 10.1 Å². The number of hydrogen-bond donors (Lipinski definition) is 1. The van der Waals surface area contributed by atoms with Gasteiger partial charge < -0.3 is 10.1 Å². The van der Waals surface area contributed by atoms with Gasteiger partial charge in [-0.3, -0.25) is 10.1 Å². The van der Waals surface area contributed by atoms with E-state index in [1.54, 1.807) is 12.1 Å². The maximum Gasteiger partial charge on any atom is 0.269 e. The fourth-order valence-electron chi connectivity index (χ4n) is 1.87. The van der Waals surface area contributed by atoms with Crippen LogP contribution in [0.4, 0.5) is 5.69 Å². The Bertz CT molecular complexity index is 432. The quantitative estimate of drug-likeness (QED) is 0.608. The average Bonchev–Trinajstić information content (AvgIpc) is 2.36. The third-order valence-electron chi connectivity index (χ3n) is 2.95. The highest BCUT2D eigenvalue weighted by Crippen LogP contribution is 2.19. The van der Waals surface area contributed by atoms with Gasteiger partial charge in [-0.2, -0.15) is 0 Å². The van der Waals surface area contributed by atoms with E-state index in [0.29, 0.717) is 13.2 Å². The second kappa shape index (κ2) is 6.63. The molecule has 1 aromatic carbocycles. The van der Waals surface area contributed by atoms with Crippen LogP contribution in [0.3, 0.4) is 0 Å². The van der Waals surface area contributed by atoms with Crippen molar-refractivity contribution in [3.8, 4) is 0 Å². The van der Waals surface area contributed by atoms with Crippen LogP contribution in [-0.2, 0) is 4.74 Å². The maximum absolute atomic E-state index is 10.7. The van der Waals surface area contributed by atoms with Gasteiger partial charge in [0.15, 0.2) is 0 Å². The molecule has 0 saturated heterocycles. The Labute approximate surface area is 114 Å². The van der Waals surface area contributed by atoms with Crippen LogP contribution in [-0.4, -0.2) is 23.7 Å². The lowest BCUT2D eigenvalue weighted by Crippen LogP contribution is -2.38. The van der Waals surface area contributed by atoms with Crippen LogP contribution < -0.4 is 5.32 Å². The van der Waals surface area contributed by atoms with Gasteiger partial charge in [-0.1, -0.05) is 12.1 Å². The highest BCUT2D eigenvalue weighted by atomic mass is 16.6. The van der Waals surface area contributed by atoms with E-state index >= 15 is 0 Å². The number of nitrogens with zero attached hydrogens (tertiary/aromatic N) is 1. The number of hydrogen-bond acceptors (Lipinski definition) is 4. The molecule has 0 spiro atoms. The molecule has 0 aliphatic rings. The lowest BCUT2D eigenvalue weighted by Gasteiger charge is -2.27. The summed E-state index contributed by atoms with van der Waals surface area (Å²) in [6, 6.07) is 6.74. The zero-order valence-electron chi connectivity index (χ0n) is 12.0. The van der Waals surface area contributed by atoms with Crippen molar-refractivity contribution in [3.63, 3.8) is 0 Å². The average molecular weight is 266 g/mol. The van der Waals surface area contributed by atoms with E-state index in [2.05, 4.69) is 5.32 Å². The molecule has 1 aromatic rings. The zero-order valence-corrected chi connectivity index (χ0v) is 12.0. The summed E-state index contributed by atoms with van der Waals surface area (Å²) in [7, 11) is 0. The second-order valence-electron chi connectivity index (χ2n) is 5.15. The largest absolute Gasteiger partial charge is 0.375 e. The first-order valence-corrected chi connectivity index (χ1v) is 6.47. The molecule has 0 amide bonds. The molecule has 1 unspecified atom stereocenters. The summed E-state index contributed by atoms with van der Waals surface area (Å²) in [6.07, 6.45) is 0. The van der Waals surface area contributed by atoms with Crippen molar-refractivity contribution in [2.75, 3.05) is 13.2 Å². The van der Waals surface area contributed by atoms with Crippen LogP contribution in [0.15, 0.2) is 24.3 Å². The van der Waals surface area contributed by atoms with E-state index in [-0.39, 0.29) is 22.3 Å². The molecule has 5 heteroatoms. The van der Waals surface area contributed by atoms with Gasteiger partial charge in [0, 0.05) is 31.3 Å². The van der Waals surface area contributed by atoms with Crippen molar-refractivity contribution in [1.82, 2.24) is 5.32 Å². The number of nitro benzene ring substituents is 1. The summed E-state index contributed by atoms with van der Waals surface area (Å²) in [4.78, 5) is 10.4. The third kappa shape index (κ3) is 4.96. The van der Waals surface area contributed by atoms with Crippen LogP contribution in [0.2, 0.25) is 0 Å². The number of nitrogens with one attached hydrogen (secondary N) is 1. The normalized spacial score (nSPS) is 13.3. The SMILES string of the molecule is CCOC(C)(C)CNC(C)c1cccc([N+](=O)[O-])c1. The van der Waals surface area contributed by atoms with Crippen molar-refractivity contribution in [2.45, 2.75) is 39.3 Å². The fourth-order valence-corrected chi connectivity index (χ4v) is 1.87. The van der Waals surface area contributed by atoms with E-state index < -0.39 is 0 Å². The lowest BCUT2D eigenvalue weighted by molar-refractivity contribution is -0.384. The van der Waals surface area contributed by atoms with Crippen molar-refractivity contribution >= 4 is 5.69 Å². The molecule has 1 atom stereocenters. The Kier molecular flexibility index (Phi) is 5.44. The summed E-state index contributed by atoms with van der Waals surface area (Å²) in [6.45, 7) is 9.34. The van der Waals surface area contributed by atoms with E-state index in [9.17, 15) is 10.1 Å². The fraction of sp³-hybridized carbons (Fsp3) is 0.571. The molecule has 0 saturated carbocycles. The number of nitro groups is 1. The van der Waals surface area contributed by atoms with E-state index in [0.717, 1.165) is 5.56 Å². The Hall–Kier alpha value is -1.46. The van der Waals surface area contributed by atoms with Gasteiger partial charge in [0.25, 0.3) is 5.69 Å². The molecule has 1 N–H and O–H groups in total. The molecule has 0 bridgehead atoms. The smallest absolute Gasteiger partial charge is 0.269 e. The standard InChI is InChI=1S/C14H22N2O3/c1-5-19-14(3,4)10-15-11(2)12-7-6-8-13(9-12)16(17)18/h6-9,11,15H,5,10H2,1-4H3. The minimum Gasteiger partial charge on any atom is -0.375 e. The minimum atomic E-state index is -0.375. The van der Waals surface area contributed by atoms with Crippen molar-refractivity contribution in [2.24, 2.45) is 0 Å². The molecule has 0 fully saturated rings. The lowest BCUT2D eigenvalue weighted by atomic mass is 10.1. The van der Waals surface area contributed by atoms with Crippen molar-refractivity contribution in [1.29, 1.82) is 0 Å².